The van der Waals surface area contributed by atoms with Gasteiger partial charge < -0.3 is 5.73 Å². The van der Waals surface area contributed by atoms with Crippen LogP contribution in [0.15, 0.2) is 36.5 Å². The van der Waals surface area contributed by atoms with Crippen LogP contribution in [0.3, 0.4) is 0 Å². The molecule has 0 aliphatic rings. The molecule has 2 nitrogen and oxygen atoms in total. The minimum Gasteiger partial charge on any atom is -0.329 e. The van der Waals surface area contributed by atoms with Crippen molar-refractivity contribution < 1.29 is 0 Å². The van der Waals surface area contributed by atoms with E-state index in [1.54, 1.807) is 6.08 Å². The molecule has 0 aromatic carbocycles. The van der Waals surface area contributed by atoms with Crippen molar-refractivity contribution in [3.05, 3.63) is 36.5 Å². The van der Waals surface area contributed by atoms with Crippen LogP contribution in [0.5, 0.6) is 0 Å². The maximum absolute atomic E-state index is 5.57. The van der Waals surface area contributed by atoms with Crippen LogP contribution in [0.4, 0.5) is 0 Å². The Bertz CT molecular complexity index is 193. The zero-order valence-corrected chi connectivity index (χ0v) is 9.32. The molecule has 0 saturated heterocycles. The Morgan fingerprint density at radius 1 is 1.69 bits per heavy atom. The molecule has 0 bridgehead atoms. The highest BCUT2D eigenvalue weighted by atomic mass is 31.0. The summed E-state index contributed by atoms with van der Waals surface area (Å²) < 4.78 is 0. The third-order valence-corrected chi connectivity index (χ3v) is 2.19. The normalized spacial score (nSPS) is 14.8. The molecule has 3 heteroatoms. The van der Waals surface area contributed by atoms with Crippen LogP contribution in [0, 0.1) is 0 Å². The van der Waals surface area contributed by atoms with E-state index < -0.39 is 0 Å². The van der Waals surface area contributed by atoms with E-state index in [1.807, 2.05) is 19.1 Å². The highest BCUT2D eigenvalue weighted by molar-refractivity contribution is 7.13. The van der Waals surface area contributed by atoms with Gasteiger partial charge in [-0.3, -0.25) is 5.09 Å². The fourth-order valence-corrected chi connectivity index (χ4v) is 1.31. The minimum absolute atomic E-state index is 0.312. The zero-order chi connectivity index (χ0) is 10.1. The minimum atomic E-state index is 0.312. The van der Waals surface area contributed by atoms with Crippen molar-refractivity contribution in [2.24, 2.45) is 5.73 Å². The van der Waals surface area contributed by atoms with Gasteiger partial charge >= 0.3 is 0 Å². The van der Waals surface area contributed by atoms with Crippen LogP contribution in [-0.4, -0.2) is 12.6 Å². The molecular weight excluding hydrogens is 179 g/mol. The van der Waals surface area contributed by atoms with E-state index in [0.29, 0.717) is 12.6 Å². The number of nitrogens with two attached hydrogens (primary N) is 1. The Morgan fingerprint density at radius 2 is 2.38 bits per heavy atom. The summed E-state index contributed by atoms with van der Waals surface area (Å²) in [6.45, 7) is 6.31. The Balaban J connectivity index is 4.23. The maximum Gasteiger partial charge on any atom is 0.0262 e. The van der Waals surface area contributed by atoms with Crippen molar-refractivity contribution >= 4 is 9.39 Å². The Kier molecular flexibility index (Phi) is 7.91. The van der Waals surface area contributed by atoms with Gasteiger partial charge in [0.2, 0.25) is 0 Å². The first-order valence-electron chi connectivity index (χ1n) is 4.39. The molecule has 0 fully saturated rings. The summed E-state index contributed by atoms with van der Waals surface area (Å²) in [4.78, 5) is 0. The standard InChI is InChI=1S/C10H19N2P/c1-3-5-9(6-4-2)7-10(8-11)12-13/h3-6,10,12H,1,7-8,11,13H2,2H3/b6-4-,9-5+. The lowest BCUT2D eigenvalue weighted by atomic mass is 10.1. The second-order valence-electron chi connectivity index (χ2n) is 2.78. The molecule has 0 aromatic rings. The monoisotopic (exact) mass is 198 g/mol. The van der Waals surface area contributed by atoms with E-state index >= 15 is 0 Å². The molecule has 0 saturated carbocycles. The molecule has 0 aromatic heterocycles. The quantitative estimate of drug-likeness (QED) is 0.504. The summed E-state index contributed by atoms with van der Waals surface area (Å²) >= 11 is 0. The second kappa shape index (κ2) is 8.18. The molecule has 74 valence electrons. The fraction of sp³-hybridized carbons (Fsp3) is 0.400. The molecule has 0 amide bonds. The van der Waals surface area contributed by atoms with Crippen molar-refractivity contribution in [2.45, 2.75) is 19.4 Å². The first kappa shape index (κ1) is 12.6. The number of hydrogen-bond acceptors (Lipinski definition) is 2. The van der Waals surface area contributed by atoms with Crippen LogP contribution in [-0.2, 0) is 0 Å². The van der Waals surface area contributed by atoms with Crippen molar-refractivity contribution in [3.8, 4) is 0 Å². The summed E-state index contributed by atoms with van der Waals surface area (Å²) in [6.07, 6.45) is 8.82. The predicted octanol–water partition coefficient (Wildman–Crippen LogP) is 1.77. The summed E-state index contributed by atoms with van der Waals surface area (Å²) in [6, 6.07) is 0.312. The fourth-order valence-electron chi connectivity index (χ4n) is 1.05. The topological polar surface area (TPSA) is 38.0 Å². The molecule has 13 heavy (non-hydrogen) atoms. The average molecular weight is 198 g/mol. The van der Waals surface area contributed by atoms with Crippen molar-refractivity contribution in [2.75, 3.05) is 6.54 Å². The summed E-state index contributed by atoms with van der Waals surface area (Å²) in [5.41, 5.74) is 6.81. The summed E-state index contributed by atoms with van der Waals surface area (Å²) in [5.74, 6) is 0. The van der Waals surface area contributed by atoms with Crippen LogP contribution < -0.4 is 10.8 Å². The van der Waals surface area contributed by atoms with E-state index in [4.69, 9.17) is 5.73 Å². The van der Waals surface area contributed by atoms with Crippen LogP contribution in [0.1, 0.15) is 13.3 Å². The third-order valence-electron chi connectivity index (χ3n) is 1.71. The number of hydrogen-bond donors (Lipinski definition) is 2. The van der Waals surface area contributed by atoms with Gasteiger partial charge in [0.05, 0.1) is 0 Å². The molecule has 2 unspecified atom stereocenters. The molecule has 0 aliphatic heterocycles. The van der Waals surface area contributed by atoms with Gasteiger partial charge in [-0.05, 0) is 18.9 Å². The zero-order valence-electron chi connectivity index (χ0n) is 8.16. The number of rotatable bonds is 6. The second-order valence-corrected chi connectivity index (χ2v) is 3.11. The lowest BCUT2D eigenvalue weighted by Crippen LogP contribution is -2.29. The van der Waals surface area contributed by atoms with Crippen LogP contribution in [0.2, 0.25) is 0 Å². The Hall–Kier alpha value is -0.430. The largest absolute Gasteiger partial charge is 0.329 e. The van der Waals surface area contributed by atoms with Gasteiger partial charge in [-0.1, -0.05) is 40.3 Å². The average Bonchev–Trinajstić information content (AvgIpc) is 2.14. The van der Waals surface area contributed by atoms with Gasteiger partial charge in [-0.25, -0.2) is 0 Å². The van der Waals surface area contributed by atoms with E-state index in [-0.39, 0.29) is 0 Å². The third kappa shape index (κ3) is 5.75. The van der Waals surface area contributed by atoms with Crippen LogP contribution in [0.25, 0.3) is 0 Å². The molecular formula is C10H19N2P. The van der Waals surface area contributed by atoms with E-state index in [2.05, 4.69) is 27.1 Å². The molecule has 3 N–H and O–H groups in total. The first-order valence-corrected chi connectivity index (χ1v) is 4.96. The van der Waals surface area contributed by atoms with Gasteiger partial charge in [0.1, 0.15) is 0 Å². The van der Waals surface area contributed by atoms with E-state index in [1.165, 1.54) is 5.57 Å². The molecule has 0 radical (unpaired) electrons. The molecule has 0 aliphatic carbocycles. The lowest BCUT2D eigenvalue weighted by molar-refractivity contribution is 0.639. The summed E-state index contributed by atoms with van der Waals surface area (Å²) in [5, 5.41) is 3.08. The van der Waals surface area contributed by atoms with E-state index in [9.17, 15) is 0 Å². The van der Waals surface area contributed by atoms with Crippen molar-refractivity contribution in [3.63, 3.8) is 0 Å². The van der Waals surface area contributed by atoms with Gasteiger partial charge in [0.15, 0.2) is 0 Å². The van der Waals surface area contributed by atoms with Crippen LogP contribution >= 0.6 is 9.39 Å². The number of nitrogens with one attached hydrogen (secondary N) is 1. The van der Waals surface area contributed by atoms with Gasteiger partial charge in [0, 0.05) is 12.6 Å². The highest BCUT2D eigenvalue weighted by Gasteiger charge is 2.03. The predicted molar refractivity (Wildman–Crippen MR) is 63.4 cm³/mol. The molecule has 0 heterocycles. The number of allylic oxidation sites excluding steroid dienone is 4. The van der Waals surface area contributed by atoms with Crippen molar-refractivity contribution in [1.29, 1.82) is 0 Å². The Labute approximate surface area is 83.2 Å². The van der Waals surface area contributed by atoms with Gasteiger partial charge in [-0.2, -0.15) is 0 Å². The van der Waals surface area contributed by atoms with Gasteiger partial charge in [0.25, 0.3) is 0 Å². The summed E-state index contributed by atoms with van der Waals surface area (Å²) in [7, 11) is 2.49. The SMILES string of the molecule is C=C/C=C(\C=C/C)CC(CN)NP. The lowest BCUT2D eigenvalue weighted by Gasteiger charge is -2.13. The highest BCUT2D eigenvalue weighted by Crippen LogP contribution is 2.08. The Morgan fingerprint density at radius 3 is 2.77 bits per heavy atom. The molecule has 0 spiro atoms. The first-order chi connectivity index (χ1) is 6.28. The molecule has 2 atom stereocenters. The van der Waals surface area contributed by atoms with E-state index in [0.717, 1.165) is 6.42 Å². The smallest absolute Gasteiger partial charge is 0.0262 e. The van der Waals surface area contributed by atoms with Crippen molar-refractivity contribution in [1.82, 2.24) is 5.09 Å². The maximum atomic E-state index is 5.57. The van der Waals surface area contributed by atoms with Gasteiger partial charge in [-0.15, -0.1) is 0 Å². The molecule has 0 rings (SSSR count).